The summed E-state index contributed by atoms with van der Waals surface area (Å²) < 4.78 is 10.7. The maximum absolute atomic E-state index is 12.5. The summed E-state index contributed by atoms with van der Waals surface area (Å²) in [6.07, 6.45) is 0.0959. The van der Waals surface area contributed by atoms with E-state index in [1.54, 1.807) is 20.8 Å². The first-order chi connectivity index (χ1) is 13.7. The number of fused-ring (bicyclic) bond motifs is 1. The van der Waals surface area contributed by atoms with Crippen LogP contribution in [-0.4, -0.2) is 52.4 Å². The number of hydrogen-bond acceptors (Lipinski definition) is 5. The van der Waals surface area contributed by atoms with Gasteiger partial charge < -0.3 is 19.9 Å². The van der Waals surface area contributed by atoms with E-state index < -0.39 is 29.8 Å². The highest BCUT2D eigenvalue weighted by molar-refractivity contribution is 5.81. The highest BCUT2D eigenvalue weighted by Gasteiger charge is 2.54. The highest BCUT2D eigenvalue weighted by atomic mass is 16.6. The number of amides is 2. The summed E-state index contributed by atoms with van der Waals surface area (Å²) >= 11 is 0. The number of carboxylic acids is 1. The van der Waals surface area contributed by atoms with Crippen molar-refractivity contribution in [1.29, 1.82) is 0 Å². The Labute approximate surface area is 170 Å². The summed E-state index contributed by atoms with van der Waals surface area (Å²) in [5, 5.41) is 12.5. The average Bonchev–Trinajstić information content (AvgIpc) is 3.19. The van der Waals surface area contributed by atoms with Gasteiger partial charge in [-0.05, 0) is 45.1 Å². The van der Waals surface area contributed by atoms with Gasteiger partial charge >= 0.3 is 18.2 Å². The van der Waals surface area contributed by atoms with Crippen LogP contribution in [0.4, 0.5) is 9.59 Å². The van der Waals surface area contributed by atoms with Crippen LogP contribution in [0.2, 0.25) is 0 Å². The summed E-state index contributed by atoms with van der Waals surface area (Å²) in [6.45, 7) is 5.62. The van der Waals surface area contributed by atoms with Crippen LogP contribution in [0.25, 0.3) is 0 Å². The SMILES string of the molecule is CC(C)(C)OC(=O)N1C[C@H]2[C@H](CC[C@@H]2NC(=O)OCc2ccccc2)[C@H]1C(=O)O. The molecule has 4 atom stereocenters. The van der Waals surface area contributed by atoms with Crippen LogP contribution >= 0.6 is 0 Å². The summed E-state index contributed by atoms with van der Waals surface area (Å²) in [4.78, 5) is 37.9. The number of carbonyl (C=O) groups excluding carboxylic acids is 2. The van der Waals surface area contributed by atoms with E-state index in [1.807, 2.05) is 30.3 Å². The van der Waals surface area contributed by atoms with Crippen LogP contribution in [0.5, 0.6) is 0 Å². The molecule has 0 bridgehead atoms. The molecule has 1 saturated carbocycles. The number of carboxylic acid groups (broad SMARTS) is 1. The molecular weight excluding hydrogens is 376 g/mol. The van der Waals surface area contributed by atoms with Crippen molar-refractivity contribution < 1.29 is 29.0 Å². The van der Waals surface area contributed by atoms with Crippen molar-refractivity contribution in [3.05, 3.63) is 35.9 Å². The molecule has 0 unspecified atom stereocenters. The van der Waals surface area contributed by atoms with E-state index in [4.69, 9.17) is 9.47 Å². The predicted octanol–water partition coefficient (Wildman–Crippen LogP) is 3.01. The molecule has 8 nitrogen and oxygen atoms in total. The zero-order valence-corrected chi connectivity index (χ0v) is 17.0. The number of ether oxygens (including phenoxy) is 2. The predicted molar refractivity (Wildman–Crippen MR) is 104 cm³/mol. The first kappa shape index (κ1) is 21.0. The van der Waals surface area contributed by atoms with E-state index >= 15 is 0 Å². The van der Waals surface area contributed by atoms with Crippen LogP contribution in [0.15, 0.2) is 30.3 Å². The quantitative estimate of drug-likeness (QED) is 0.799. The zero-order chi connectivity index (χ0) is 21.2. The van der Waals surface area contributed by atoms with Gasteiger partial charge in [-0.3, -0.25) is 4.90 Å². The molecule has 29 heavy (non-hydrogen) atoms. The van der Waals surface area contributed by atoms with E-state index in [0.717, 1.165) is 5.56 Å². The van der Waals surface area contributed by atoms with Gasteiger partial charge in [0.05, 0.1) is 0 Å². The normalized spacial score (nSPS) is 26.0. The van der Waals surface area contributed by atoms with Crippen molar-refractivity contribution >= 4 is 18.2 Å². The minimum Gasteiger partial charge on any atom is -0.480 e. The number of alkyl carbamates (subject to hydrolysis) is 1. The highest BCUT2D eigenvalue weighted by Crippen LogP contribution is 2.43. The van der Waals surface area contributed by atoms with Crippen molar-refractivity contribution in [3.8, 4) is 0 Å². The summed E-state index contributed by atoms with van der Waals surface area (Å²) in [5.74, 6) is -1.41. The number of benzene rings is 1. The number of nitrogens with zero attached hydrogens (tertiary/aromatic N) is 1. The molecule has 0 aromatic heterocycles. The van der Waals surface area contributed by atoms with Crippen molar-refractivity contribution in [2.75, 3.05) is 6.54 Å². The molecule has 2 amide bonds. The maximum Gasteiger partial charge on any atom is 0.411 e. The monoisotopic (exact) mass is 404 g/mol. The van der Waals surface area contributed by atoms with Crippen LogP contribution in [0.1, 0.15) is 39.2 Å². The molecule has 158 valence electrons. The van der Waals surface area contributed by atoms with E-state index in [0.29, 0.717) is 12.8 Å². The Hall–Kier alpha value is -2.77. The second-order valence-corrected chi connectivity index (χ2v) is 8.63. The van der Waals surface area contributed by atoms with Crippen LogP contribution in [0, 0.1) is 11.8 Å². The largest absolute Gasteiger partial charge is 0.480 e. The Morgan fingerprint density at radius 1 is 1.14 bits per heavy atom. The molecule has 0 spiro atoms. The van der Waals surface area contributed by atoms with Gasteiger partial charge in [-0.2, -0.15) is 0 Å². The number of aliphatic carboxylic acids is 1. The fourth-order valence-electron chi connectivity index (χ4n) is 4.25. The Kier molecular flexibility index (Phi) is 6.00. The van der Waals surface area contributed by atoms with Gasteiger partial charge in [0.25, 0.3) is 0 Å². The van der Waals surface area contributed by atoms with Crippen molar-refractivity contribution in [2.45, 2.75) is 57.9 Å². The minimum atomic E-state index is -1.05. The lowest BCUT2D eigenvalue weighted by Gasteiger charge is -2.28. The summed E-state index contributed by atoms with van der Waals surface area (Å²) in [6, 6.07) is 8.18. The number of rotatable bonds is 4. The van der Waals surface area contributed by atoms with Crippen molar-refractivity contribution in [1.82, 2.24) is 10.2 Å². The van der Waals surface area contributed by atoms with E-state index in [9.17, 15) is 19.5 Å². The minimum absolute atomic E-state index is 0.145. The first-order valence-electron chi connectivity index (χ1n) is 9.85. The van der Waals surface area contributed by atoms with Gasteiger partial charge in [-0.15, -0.1) is 0 Å². The topological polar surface area (TPSA) is 105 Å². The molecule has 3 rings (SSSR count). The summed E-state index contributed by atoms with van der Waals surface area (Å²) in [5.41, 5.74) is 0.173. The average molecular weight is 404 g/mol. The van der Waals surface area contributed by atoms with Gasteiger partial charge in [0.1, 0.15) is 18.2 Å². The van der Waals surface area contributed by atoms with E-state index in [1.165, 1.54) is 4.90 Å². The second kappa shape index (κ2) is 8.31. The molecule has 2 fully saturated rings. The Morgan fingerprint density at radius 2 is 1.83 bits per heavy atom. The number of likely N-dealkylation sites (tertiary alicyclic amines) is 1. The maximum atomic E-state index is 12.5. The molecule has 1 aromatic rings. The molecule has 2 N–H and O–H groups in total. The van der Waals surface area contributed by atoms with Gasteiger partial charge in [0.2, 0.25) is 0 Å². The van der Waals surface area contributed by atoms with Crippen LogP contribution in [-0.2, 0) is 20.9 Å². The fourth-order valence-corrected chi connectivity index (χ4v) is 4.25. The number of carbonyl (C=O) groups is 3. The van der Waals surface area contributed by atoms with Gasteiger partial charge in [0, 0.05) is 18.5 Å². The van der Waals surface area contributed by atoms with Crippen LogP contribution in [0.3, 0.4) is 0 Å². The smallest absolute Gasteiger partial charge is 0.411 e. The Bertz CT molecular complexity index is 760. The van der Waals surface area contributed by atoms with Gasteiger partial charge in [-0.25, -0.2) is 14.4 Å². The lowest BCUT2D eigenvalue weighted by Crippen LogP contribution is -2.45. The second-order valence-electron chi connectivity index (χ2n) is 8.63. The summed E-state index contributed by atoms with van der Waals surface area (Å²) in [7, 11) is 0. The Balaban J connectivity index is 1.61. The van der Waals surface area contributed by atoms with Crippen molar-refractivity contribution in [2.24, 2.45) is 11.8 Å². The third-order valence-corrected chi connectivity index (χ3v) is 5.42. The van der Waals surface area contributed by atoms with Crippen LogP contribution < -0.4 is 5.32 Å². The molecular formula is C21H28N2O6. The number of nitrogens with one attached hydrogen (secondary N) is 1. The molecule has 1 aromatic carbocycles. The first-order valence-corrected chi connectivity index (χ1v) is 9.85. The lowest BCUT2D eigenvalue weighted by molar-refractivity contribution is -0.143. The molecule has 1 saturated heterocycles. The van der Waals surface area contributed by atoms with Gasteiger partial charge in [-0.1, -0.05) is 30.3 Å². The van der Waals surface area contributed by atoms with E-state index in [-0.39, 0.29) is 31.0 Å². The van der Waals surface area contributed by atoms with Crippen molar-refractivity contribution in [3.63, 3.8) is 0 Å². The standard InChI is InChI=1S/C21H28N2O6/c1-21(2,3)29-20(27)23-11-15-14(17(23)18(24)25)9-10-16(15)22-19(26)28-12-13-7-5-4-6-8-13/h4-8,14-17H,9-12H2,1-3H3,(H,22,26)(H,24,25)/t14-,15-,16-,17-/m0/s1. The third kappa shape index (κ3) is 4.99. The van der Waals surface area contributed by atoms with Gasteiger partial charge in [0.15, 0.2) is 0 Å². The van der Waals surface area contributed by atoms with E-state index in [2.05, 4.69) is 5.32 Å². The molecule has 1 aliphatic carbocycles. The molecule has 1 aliphatic heterocycles. The molecule has 1 heterocycles. The zero-order valence-electron chi connectivity index (χ0n) is 17.0. The molecule has 8 heteroatoms. The molecule has 0 radical (unpaired) electrons. The number of hydrogen-bond donors (Lipinski definition) is 2. The fraction of sp³-hybridized carbons (Fsp3) is 0.571. The lowest BCUT2D eigenvalue weighted by atomic mass is 9.92. The third-order valence-electron chi connectivity index (χ3n) is 5.42. The Morgan fingerprint density at radius 3 is 2.45 bits per heavy atom. The molecule has 2 aliphatic rings.